The first kappa shape index (κ1) is 6.84. The van der Waals surface area contributed by atoms with Crippen molar-refractivity contribution in [2.45, 2.75) is 0 Å². The predicted molar refractivity (Wildman–Crippen MR) is 46.1 cm³/mol. The number of aromatic nitrogens is 3. The van der Waals surface area contributed by atoms with Crippen molar-refractivity contribution in [3.63, 3.8) is 0 Å². The minimum Gasteiger partial charge on any atom is -0.341 e. The number of H-pyrrole nitrogens is 1. The summed E-state index contributed by atoms with van der Waals surface area (Å²) in [4.78, 5) is 3.91. The Balaban J connectivity index is 2.15. The van der Waals surface area contributed by atoms with Crippen LogP contribution in [0.5, 0.6) is 0 Å². The van der Waals surface area contributed by atoms with Crippen molar-refractivity contribution >= 4 is 11.5 Å². The number of anilines is 2. The summed E-state index contributed by atoms with van der Waals surface area (Å²) in [6.45, 7) is 0. The van der Waals surface area contributed by atoms with Gasteiger partial charge in [-0.05, 0) is 12.1 Å². The average molecular weight is 160 g/mol. The van der Waals surface area contributed by atoms with Crippen molar-refractivity contribution < 1.29 is 0 Å². The molecule has 12 heavy (non-hydrogen) atoms. The van der Waals surface area contributed by atoms with Gasteiger partial charge < -0.3 is 5.32 Å². The third kappa shape index (κ3) is 1.42. The zero-order valence-corrected chi connectivity index (χ0v) is 6.36. The molecule has 0 aromatic carbocycles. The highest BCUT2D eigenvalue weighted by Crippen LogP contribution is 2.10. The second-order valence-corrected chi connectivity index (χ2v) is 2.33. The minimum absolute atomic E-state index is 0.876. The van der Waals surface area contributed by atoms with Gasteiger partial charge in [0, 0.05) is 24.1 Å². The van der Waals surface area contributed by atoms with Crippen LogP contribution in [0.4, 0.5) is 11.5 Å². The van der Waals surface area contributed by atoms with Crippen molar-refractivity contribution in [2.75, 3.05) is 5.32 Å². The molecule has 0 radical (unpaired) electrons. The first-order chi connectivity index (χ1) is 5.95. The van der Waals surface area contributed by atoms with E-state index in [1.54, 1.807) is 18.6 Å². The van der Waals surface area contributed by atoms with Crippen molar-refractivity contribution in [3.05, 3.63) is 36.8 Å². The number of rotatable bonds is 2. The van der Waals surface area contributed by atoms with Crippen LogP contribution in [0.3, 0.4) is 0 Å². The van der Waals surface area contributed by atoms with Crippen LogP contribution < -0.4 is 5.32 Å². The molecule has 60 valence electrons. The molecule has 0 aliphatic carbocycles. The van der Waals surface area contributed by atoms with Gasteiger partial charge in [-0.2, -0.15) is 5.10 Å². The Morgan fingerprint density at radius 2 is 1.92 bits per heavy atom. The second kappa shape index (κ2) is 3.04. The topological polar surface area (TPSA) is 53.6 Å². The molecule has 0 aliphatic rings. The number of nitrogens with zero attached hydrogens (tertiary/aromatic N) is 2. The smallest absolute Gasteiger partial charge is 0.125 e. The third-order valence-corrected chi connectivity index (χ3v) is 1.46. The predicted octanol–water partition coefficient (Wildman–Crippen LogP) is 1.55. The van der Waals surface area contributed by atoms with E-state index >= 15 is 0 Å². The maximum atomic E-state index is 3.91. The molecule has 4 heteroatoms. The SMILES string of the molecule is c1cc(Nc2ccn[nH]2)ccn1. The zero-order valence-electron chi connectivity index (χ0n) is 6.36. The lowest BCUT2D eigenvalue weighted by molar-refractivity contribution is 1.09. The Labute approximate surface area is 69.7 Å². The molecule has 2 rings (SSSR count). The number of hydrogen-bond acceptors (Lipinski definition) is 3. The summed E-state index contributed by atoms with van der Waals surface area (Å²) in [5, 5.41) is 9.75. The lowest BCUT2D eigenvalue weighted by Crippen LogP contribution is -1.89. The Kier molecular flexibility index (Phi) is 1.74. The summed E-state index contributed by atoms with van der Waals surface area (Å²) < 4.78 is 0. The fourth-order valence-electron chi connectivity index (χ4n) is 0.916. The van der Waals surface area contributed by atoms with Crippen molar-refractivity contribution in [1.29, 1.82) is 0 Å². The summed E-state index contributed by atoms with van der Waals surface area (Å²) in [7, 11) is 0. The van der Waals surface area contributed by atoms with Gasteiger partial charge in [-0.3, -0.25) is 10.1 Å². The van der Waals surface area contributed by atoms with Gasteiger partial charge in [-0.25, -0.2) is 0 Å². The summed E-state index contributed by atoms with van der Waals surface area (Å²) >= 11 is 0. The molecule has 4 nitrogen and oxygen atoms in total. The molecule has 0 saturated carbocycles. The Morgan fingerprint density at radius 3 is 2.58 bits per heavy atom. The van der Waals surface area contributed by atoms with Crippen LogP contribution in [-0.4, -0.2) is 15.2 Å². The van der Waals surface area contributed by atoms with Gasteiger partial charge in [0.1, 0.15) is 5.82 Å². The Bertz CT molecular complexity index is 327. The highest BCUT2D eigenvalue weighted by Gasteiger charge is 1.92. The van der Waals surface area contributed by atoms with E-state index in [1.807, 2.05) is 18.2 Å². The second-order valence-electron chi connectivity index (χ2n) is 2.33. The third-order valence-electron chi connectivity index (χ3n) is 1.46. The standard InChI is InChI=1S/C8H8N4/c1-4-9-5-2-7(1)11-8-3-6-10-12-8/h1-6H,(H2,9,10,11,12). The van der Waals surface area contributed by atoms with Crippen LogP contribution in [0, 0.1) is 0 Å². The van der Waals surface area contributed by atoms with Crippen molar-refractivity contribution in [3.8, 4) is 0 Å². The zero-order chi connectivity index (χ0) is 8.23. The molecule has 0 aliphatic heterocycles. The van der Waals surface area contributed by atoms with E-state index in [0.717, 1.165) is 11.5 Å². The highest BCUT2D eigenvalue weighted by atomic mass is 15.2. The highest BCUT2D eigenvalue weighted by molar-refractivity contribution is 5.54. The van der Waals surface area contributed by atoms with Gasteiger partial charge in [0.2, 0.25) is 0 Å². The normalized spacial score (nSPS) is 9.67. The molecular formula is C8H8N4. The molecule has 2 aromatic rings. The number of hydrogen-bond donors (Lipinski definition) is 2. The lowest BCUT2D eigenvalue weighted by Gasteiger charge is -2.00. The van der Waals surface area contributed by atoms with E-state index in [4.69, 9.17) is 0 Å². The quantitative estimate of drug-likeness (QED) is 0.700. The van der Waals surface area contributed by atoms with Crippen molar-refractivity contribution in [1.82, 2.24) is 15.2 Å². The van der Waals surface area contributed by atoms with Crippen molar-refractivity contribution in [2.24, 2.45) is 0 Å². The molecule has 0 saturated heterocycles. The lowest BCUT2D eigenvalue weighted by atomic mass is 10.4. The largest absolute Gasteiger partial charge is 0.341 e. The summed E-state index contributed by atoms with van der Waals surface area (Å²) in [6.07, 6.45) is 5.17. The van der Waals surface area contributed by atoms with Crippen LogP contribution in [0.1, 0.15) is 0 Å². The molecule has 2 heterocycles. The monoisotopic (exact) mass is 160 g/mol. The van der Waals surface area contributed by atoms with Crippen LogP contribution in [0.25, 0.3) is 0 Å². The molecule has 0 amide bonds. The molecule has 0 atom stereocenters. The van der Waals surface area contributed by atoms with Gasteiger partial charge in [0.05, 0.1) is 6.20 Å². The molecular weight excluding hydrogens is 152 g/mol. The Hall–Kier alpha value is -1.84. The molecule has 0 bridgehead atoms. The number of aromatic amines is 1. The average Bonchev–Trinajstić information content (AvgIpc) is 2.59. The van der Waals surface area contributed by atoms with Crippen LogP contribution in [-0.2, 0) is 0 Å². The van der Waals surface area contributed by atoms with Gasteiger partial charge in [-0.1, -0.05) is 0 Å². The van der Waals surface area contributed by atoms with Gasteiger partial charge in [0.15, 0.2) is 0 Å². The van der Waals surface area contributed by atoms with Crippen LogP contribution in [0.2, 0.25) is 0 Å². The minimum atomic E-state index is 0.876. The summed E-state index contributed by atoms with van der Waals surface area (Å²) in [5.41, 5.74) is 0.995. The first-order valence-electron chi connectivity index (χ1n) is 3.61. The van der Waals surface area contributed by atoms with E-state index in [0.29, 0.717) is 0 Å². The first-order valence-corrected chi connectivity index (χ1v) is 3.61. The van der Waals surface area contributed by atoms with Gasteiger partial charge >= 0.3 is 0 Å². The van der Waals surface area contributed by atoms with E-state index in [1.165, 1.54) is 0 Å². The van der Waals surface area contributed by atoms with E-state index in [9.17, 15) is 0 Å². The number of pyridine rings is 1. The van der Waals surface area contributed by atoms with Crippen LogP contribution >= 0.6 is 0 Å². The molecule has 2 aromatic heterocycles. The van der Waals surface area contributed by atoms with E-state index in [2.05, 4.69) is 20.5 Å². The van der Waals surface area contributed by atoms with Gasteiger partial charge in [0.25, 0.3) is 0 Å². The van der Waals surface area contributed by atoms with Gasteiger partial charge in [-0.15, -0.1) is 0 Å². The van der Waals surface area contributed by atoms with E-state index < -0.39 is 0 Å². The Morgan fingerprint density at radius 1 is 1.08 bits per heavy atom. The molecule has 0 fully saturated rings. The molecule has 2 N–H and O–H groups in total. The summed E-state index contributed by atoms with van der Waals surface area (Å²) in [5.74, 6) is 0.876. The number of nitrogens with one attached hydrogen (secondary N) is 2. The molecule has 0 spiro atoms. The van der Waals surface area contributed by atoms with E-state index in [-0.39, 0.29) is 0 Å². The maximum Gasteiger partial charge on any atom is 0.125 e. The fourth-order valence-corrected chi connectivity index (χ4v) is 0.916. The fraction of sp³-hybridized carbons (Fsp3) is 0. The molecule has 0 unspecified atom stereocenters. The maximum absolute atomic E-state index is 3.91. The summed E-state index contributed by atoms with van der Waals surface area (Å²) in [6, 6.07) is 5.64. The van der Waals surface area contributed by atoms with Crippen LogP contribution in [0.15, 0.2) is 36.8 Å².